The molecule has 3 aromatic rings. The van der Waals surface area contributed by atoms with Crippen molar-refractivity contribution in [1.82, 2.24) is 0 Å². The largest absolute Gasteiger partial charge is 0.322 e. The zero-order valence-electron chi connectivity index (χ0n) is 13.5. The second kappa shape index (κ2) is 8.33. The summed E-state index contributed by atoms with van der Waals surface area (Å²) in [7, 11) is 0. The molecule has 0 saturated carbocycles. The number of hydrogen-bond acceptors (Lipinski definition) is 2. The number of carbonyl (C=O) groups is 2. The maximum Gasteiger partial charge on any atom is 0.255 e. The summed E-state index contributed by atoms with van der Waals surface area (Å²) in [5.74, 6) is -0.502. The maximum absolute atomic E-state index is 12.3. The van der Waals surface area contributed by atoms with Gasteiger partial charge in [-0.15, -0.1) is 0 Å². The lowest BCUT2D eigenvalue weighted by Crippen LogP contribution is -2.14. The highest BCUT2D eigenvalue weighted by Crippen LogP contribution is 2.26. The van der Waals surface area contributed by atoms with E-state index in [4.69, 9.17) is 11.6 Å². The van der Waals surface area contributed by atoms with Crippen LogP contribution in [-0.2, 0) is 0 Å². The molecule has 0 radical (unpaired) electrons. The molecule has 3 rings (SSSR count). The van der Waals surface area contributed by atoms with Gasteiger partial charge in [0.05, 0.1) is 10.7 Å². The summed E-state index contributed by atoms with van der Waals surface area (Å²) in [5.41, 5.74) is 2.05. The van der Waals surface area contributed by atoms with Crippen LogP contribution in [0, 0.1) is 3.57 Å². The molecule has 6 heteroatoms. The standard InChI is InChI=1S/C20H14ClIN2O2/c21-17-11-10-16(23-19(25)14-6-8-15(22)9-7-14)12-18(17)24-20(26)13-4-2-1-3-5-13/h1-12H,(H,23,25)(H,24,26). The molecule has 130 valence electrons. The maximum atomic E-state index is 12.3. The second-order valence-corrected chi connectivity index (χ2v) is 7.13. The van der Waals surface area contributed by atoms with Crippen molar-refractivity contribution in [2.45, 2.75) is 0 Å². The molecule has 4 nitrogen and oxygen atoms in total. The highest BCUT2D eigenvalue weighted by Gasteiger charge is 2.11. The Balaban J connectivity index is 1.76. The normalized spacial score (nSPS) is 10.2. The predicted octanol–water partition coefficient (Wildman–Crippen LogP) is 5.45. The number of halogens is 2. The van der Waals surface area contributed by atoms with E-state index in [0.29, 0.717) is 27.5 Å². The van der Waals surface area contributed by atoms with Gasteiger partial charge in [-0.3, -0.25) is 9.59 Å². The van der Waals surface area contributed by atoms with Gasteiger partial charge in [-0.25, -0.2) is 0 Å². The monoisotopic (exact) mass is 476 g/mol. The van der Waals surface area contributed by atoms with Crippen LogP contribution >= 0.6 is 34.2 Å². The molecule has 0 saturated heterocycles. The first-order valence-electron chi connectivity index (χ1n) is 7.76. The highest BCUT2D eigenvalue weighted by atomic mass is 127. The minimum Gasteiger partial charge on any atom is -0.322 e. The van der Waals surface area contributed by atoms with Crippen molar-refractivity contribution >= 4 is 57.4 Å². The lowest BCUT2D eigenvalue weighted by molar-refractivity contribution is 0.101. The molecule has 0 heterocycles. The number of rotatable bonds is 4. The van der Waals surface area contributed by atoms with Crippen LogP contribution < -0.4 is 10.6 Å². The van der Waals surface area contributed by atoms with Gasteiger partial charge >= 0.3 is 0 Å². The molecule has 0 aliphatic carbocycles. The number of amides is 2. The molecule has 2 N–H and O–H groups in total. The molecule has 0 atom stereocenters. The Morgan fingerprint density at radius 1 is 0.769 bits per heavy atom. The SMILES string of the molecule is O=C(Nc1ccc(Cl)c(NC(=O)c2ccccc2)c1)c1ccc(I)cc1. The molecule has 0 aliphatic heterocycles. The molecular weight excluding hydrogens is 463 g/mol. The van der Waals surface area contributed by atoms with E-state index < -0.39 is 0 Å². The van der Waals surface area contributed by atoms with Crippen LogP contribution in [0.25, 0.3) is 0 Å². The Hall–Kier alpha value is -2.38. The molecule has 0 aromatic heterocycles. The van der Waals surface area contributed by atoms with Crippen LogP contribution in [-0.4, -0.2) is 11.8 Å². The lowest BCUT2D eigenvalue weighted by atomic mass is 10.2. The minimum atomic E-state index is -0.270. The second-order valence-electron chi connectivity index (χ2n) is 5.48. The van der Waals surface area contributed by atoms with Crippen LogP contribution in [0.2, 0.25) is 5.02 Å². The highest BCUT2D eigenvalue weighted by molar-refractivity contribution is 14.1. The third-order valence-corrected chi connectivity index (χ3v) is 4.66. The van der Waals surface area contributed by atoms with Crippen LogP contribution in [0.4, 0.5) is 11.4 Å². The molecule has 0 fully saturated rings. The Morgan fingerprint density at radius 3 is 2.08 bits per heavy atom. The molecule has 0 aliphatic rings. The molecule has 0 unspecified atom stereocenters. The van der Waals surface area contributed by atoms with Crippen LogP contribution in [0.1, 0.15) is 20.7 Å². The minimum absolute atomic E-state index is 0.232. The summed E-state index contributed by atoms with van der Waals surface area (Å²) in [6, 6.07) is 21.0. The topological polar surface area (TPSA) is 58.2 Å². The van der Waals surface area contributed by atoms with Gasteiger partial charge < -0.3 is 10.6 Å². The summed E-state index contributed by atoms with van der Waals surface area (Å²) < 4.78 is 1.05. The van der Waals surface area contributed by atoms with Crippen molar-refractivity contribution in [3.05, 3.63) is 92.5 Å². The van der Waals surface area contributed by atoms with E-state index in [-0.39, 0.29) is 11.8 Å². The number of anilines is 2. The van der Waals surface area contributed by atoms with Gasteiger partial charge in [0.15, 0.2) is 0 Å². The van der Waals surface area contributed by atoms with Gasteiger partial charge in [0.1, 0.15) is 0 Å². The molecule has 3 aromatic carbocycles. The zero-order valence-corrected chi connectivity index (χ0v) is 16.4. The molecule has 0 bridgehead atoms. The quantitative estimate of drug-likeness (QED) is 0.492. The van der Waals surface area contributed by atoms with E-state index in [2.05, 4.69) is 33.2 Å². The van der Waals surface area contributed by atoms with Crippen LogP contribution in [0.3, 0.4) is 0 Å². The summed E-state index contributed by atoms with van der Waals surface area (Å²) in [6.07, 6.45) is 0. The van der Waals surface area contributed by atoms with Gasteiger partial charge in [-0.05, 0) is 77.2 Å². The molecular formula is C20H14ClIN2O2. The van der Waals surface area contributed by atoms with E-state index in [9.17, 15) is 9.59 Å². The summed E-state index contributed by atoms with van der Waals surface area (Å²) >= 11 is 8.35. The third-order valence-electron chi connectivity index (χ3n) is 3.61. The van der Waals surface area contributed by atoms with Gasteiger partial charge in [0, 0.05) is 20.4 Å². The Bertz CT molecular complexity index is 944. The fourth-order valence-electron chi connectivity index (χ4n) is 2.29. The van der Waals surface area contributed by atoms with E-state index in [0.717, 1.165) is 3.57 Å². The third kappa shape index (κ3) is 4.62. The summed E-state index contributed by atoms with van der Waals surface area (Å²) in [5, 5.41) is 5.96. The fraction of sp³-hybridized carbons (Fsp3) is 0. The Labute approximate surface area is 169 Å². The van der Waals surface area contributed by atoms with E-state index in [1.54, 1.807) is 54.6 Å². The van der Waals surface area contributed by atoms with Crippen molar-refractivity contribution in [3.8, 4) is 0 Å². The smallest absolute Gasteiger partial charge is 0.255 e. The van der Waals surface area contributed by atoms with E-state index in [1.165, 1.54) is 0 Å². The Morgan fingerprint density at radius 2 is 1.38 bits per heavy atom. The van der Waals surface area contributed by atoms with E-state index in [1.807, 2.05) is 18.2 Å². The van der Waals surface area contributed by atoms with Crippen molar-refractivity contribution in [2.75, 3.05) is 10.6 Å². The summed E-state index contributed by atoms with van der Waals surface area (Å²) in [4.78, 5) is 24.6. The molecule has 0 spiro atoms. The van der Waals surface area contributed by atoms with Gasteiger partial charge in [-0.1, -0.05) is 29.8 Å². The van der Waals surface area contributed by atoms with Gasteiger partial charge in [0.2, 0.25) is 0 Å². The number of hydrogen-bond donors (Lipinski definition) is 2. The molecule has 2 amide bonds. The number of nitrogens with one attached hydrogen (secondary N) is 2. The van der Waals surface area contributed by atoms with Crippen LogP contribution in [0.5, 0.6) is 0 Å². The first-order chi connectivity index (χ1) is 12.5. The Kier molecular flexibility index (Phi) is 5.90. The van der Waals surface area contributed by atoms with Crippen LogP contribution in [0.15, 0.2) is 72.8 Å². The fourth-order valence-corrected chi connectivity index (χ4v) is 2.81. The predicted molar refractivity (Wildman–Crippen MR) is 113 cm³/mol. The van der Waals surface area contributed by atoms with E-state index >= 15 is 0 Å². The summed E-state index contributed by atoms with van der Waals surface area (Å²) in [6.45, 7) is 0. The average molecular weight is 477 g/mol. The average Bonchev–Trinajstić information content (AvgIpc) is 2.65. The van der Waals surface area contributed by atoms with Crippen molar-refractivity contribution in [1.29, 1.82) is 0 Å². The number of carbonyl (C=O) groups excluding carboxylic acids is 2. The number of benzene rings is 3. The van der Waals surface area contributed by atoms with Crippen molar-refractivity contribution in [2.24, 2.45) is 0 Å². The first-order valence-corrected chi connectivity index (χ1v) is 9.21. The van der Waals surface area contributed by atoms with Crippen molar-refractivity contribution in [3.63, 3.8) is 0 Å². The van der Waals surface area contributed by atoms with Gasteiger partial charge in [-0.2, -0.15) is 0 Å². The molecule has 26 heavy (non-hydrogen) atoms. The first kappa shape index (κ1) is 18.4. The zero-order chi connectivity index (χ0) is 18.5. The lowest BCUT2D eigenvalue weighted by Gasteiger charge is -2.11. The van der Waals surface area contributed by atoms with Gasteiger partial charge in [0.25, 0.3) is 11.8 Å². The van der Waals surface area contributed by atoms with Crippen molar-refractivity contribution < 1.29 is 9.59 Å².